The fourth-order valence-corrected chi connectivity index (χ4v) is 2.70. The van der Waals surface area contributed by atoms with Gasteiger partial charge < -0.3 is 4.74 Å². The molecule has 5 heteroatoms. The Morgan fingerprint density at radius 2 is 1.83 bits per heavy atom. The molecule has 0 spiro atoms. The molecule has 0 fully saturated rings. The summed E-state index contributed by atoms with van der Waals surface area (Å²) in [6.45, 7) is 2.08. The van der Waals surface area contributed by atoms with Gasteiger partial charge in [0.2, 0.25) is 5.13 Å². The fourth-order valence-electron chi connectivity index (χ4n) is 2.03. The van der Waals surface area contributed by atoms with E-state index in [1.165, 1.54) is 16.9 Å². The van der Waals surface area contributed by atoms with Crippen LogP contribution in [-0.4, -0.2) is 18.3 Å². The second-order valence-electron chi connectivity index (χ2n) is 5.05. The van der Waals surface area contributed by atoms with Gasteiger partial charge in [-0.25, -0.2) is 4.98 Å². The Morgan fingerprint density at radius 1 is 1.09 bits per heavy atom. The van der Waals surface area contributed by atoms with Crippen LogP contribution in [-0.2, 0) is 0 Å². The van der Waals surface area contributed by atoms with E-state index >= 15 is 0 Å². The van der Waals surface area contributed by atoms with Crippen LogP contribution in [0.25, 0.3) is 11.3 Å². The number of aromatic nitrogens is 1. The molecule has 1 aromatic heterocycles. The summed E-state index contributed by atoms with van der Waals surface area (Å²) in [5, 5.41) is 7.01. The van der Waals surface area contributed by atoms with E-state index in [1.54, 1.807) is 13.3 Å². The molecule has 4 nitrogen and oxygen atoms in total. The summed E-state index contributed by atoms with van der Waals surface area (Å²) in [4.78, 5) is 4.54. The van der Waals surface area contributed by atoms with Gasteiger partial charge in [-0.05, 0) is 36.8 Å². The van der Waals surface area contributed by atoms with Crippen LogP contribution in [0.15, 0.2) is 59.0 Å². The highest BCUT2D eigenvalue weighted by atomic mass is 32.1. The van der Waals surface area contributed by atoms with E-state index in [9.17, 15) is 0 Å². The highest BCUT2D eigenvalue weighted by Gasteiger charge is 2.03. The average molecular weight is 323 g/mol. The van der Waals surface area contributed by atoms with Crippen molar-refractivity contribution in [3.8, 4) is 17.0 Å². The van der Waals surface area contributed by atoms with E-state index in [-0.39, 0.29) is 0 Å². The molecule has 0 amide bonds. The van der Waals surface area contributed by atoms with Gasteiger partial charge in [-0.2, -0.15) is 5.10 Å². The van der Waals surface area contributed by atoms with Crippen LogP contribution in [0.3, 0.4) is 0 Å². The summed E-state index contributed by atoms with van der Waals surface area (Å²) in [5.74, 6) is 0.831. The number of hydrazone groups is 1. The van der Waals surface area contributed by atoms with Gasteiger partial charge in [0, 0.05) is 10.9 Å². The predicted molar refractivity (Wildman–Crippen MR) is 96.5 cm³/mol. The number of nitrogens with one attached hydrogen (secondary N) is 1. The number of methoxy groups -OCH3 is 1. The molecule has 0 aliphatic carbocycles. The summed E-state index contributed by atoms with van der Waals surface area (Å²) in [6, 6.07) is 16.0. The van der Waals surface area contributed by atoms with Crippen molar-refractivity contribution >= 4 is 22.7 Å². The summed E-state index contributed by atoms with van der Waals surface area (Å²) in [6.07, 6.45) is 1.76. The highest BCUT2D eigenvalue weighted by Crippen LogP contribution is 2.25. The molecule has 0 saturated carbocycles. The van der Waals surface area contributed by atoms with Crippen molar-refractivity contribution < 1.29 is 4.74 Å². The Hall–Kier alpha value is -2.66. The van der Waals surface area contributed by atoms with Crippen LogP contribution in [0.1, 0.15) is 11.1 Å². The first-order valence-corrected chi connectivity index (χ1v) is 8.08. The molecule has 0 atom stereocenters. The lowest BCUT2D eigenvalue weighted by atomic mass is 10.1. The first-order chi connectivity index (χ1) is 11.2. The van der Waals surface area contributed by atoms with Crippen LogP contribution < -0.4 is 10.2 Å². The standard InChI is InChI=1S/C18H17N3OS/c1-13-3-7-15(8-4-13)17-12-23-18(20-17)21-19-11-14-5-9-16(22-2)10-6-14/h3-12H,1-2H3,(H,20,21)/b19-11+. The molecule has 0 bridgehead atoms. The number of nitrogens with zero attached hydrogens (tertiary/aromatic N) is 2. The number of hydrogen-bond acceptors (Lipinski definition) is 5. The molecule has 116 valence electrons. The number of thiazole rings is 1. The number of benzene rings is 2. The first-order valence-electron chi connectivity index (χ1n) is 7.20. The number of ether oxygens (including phenoxy) is 1. The van der Waals surface area contributed by atoms with Crippen molar-refractivity contribution in [2.24, 2.45) is 5.10 Å². The van der Waals surface area contributed by atoms with Gasteiger partial charge in [0.1, 0.15) is 5.75 Å². The Bertz CT molecular complexity index is 792. The molecular weight excluding hydrogens is 306 g/mol. The van der Waals surface area contributed by atoms with Crippen molar-refractivity contribution in [3.05, 3.63) is 65.0 Å². The Labute approximate surface area is 139 Å². The lowest BCUT2D eigenvalue weighted by Gasteiger charge is -1.99. The maximum atomic E-state index is 5.13. The SMILES string of the molecule is COc1ccc(/C=N/Nc2nc(-c3ccc(C)cc3)cs2)cc1. The number of anilines is 1. The maximum absolute atomic E-state index is 5.13. The molecule has 0 radical (unpaired) electrons. The number of rotatable bonds is 5. The number of hydrogen-bond donors (Lipinski definition) is 1. The summed E-state index contributed by atoms with van der Waals surface area (Å²) in [7, 11) is 1.65. The molecule has 0 unspecified atom stereocenters. The van der Waals surface area contributed by atoms with Crippen LogP contribution in [0, 0.1) is 6.92 Å². The predicted octanol–water partition coefficient (Wildman–Crippen LogP) is 4.57. The van der Waals surface area contributed by atoms with Gasteiger partial charge in [0.25, 0.3) is 0 Å². The van der Waals surface area contributed by atoms with E-state index in [1.807, 2.05) is 29.6 Å². The molecular formula is C18H17N3OS. The van der Waals surface area contributed by atoms with Crippen molar-refractivity contribution in [2.75, 3.05) is 12.5 Å². The van der Waals surface area contributed by atoms with Crippen molar-refractivity contribution in [2.45, 2.75) is 6.92 Å². The van der Waals surface area contributed by atoms with E-state index in [0.717, 1.165) is 27.7 Å². The smallest absolute Gasteiger partial charge is 0.203 e. The van der Waals surface area contributed by atoms with Crippen LogP contribution in [0.2, 0.25) is 0 Å². The molecule has 2 aromatic carbocycles. The van der Waals surface area contributed by atoms with Gasteiger partial charge in [-0.15, -0.1) is 11.3 Å². The zero-order chi connectivity index (χ0) is 16.1. The third-order valence-electron chi connectivity index (χ3n) is 3.34. The van der Waals surface area contributed by atoms with Gasteiger partial charge in [-0.3, -0.25) is 5.43 Å². The monoisotopic (exact) mass is 323 g/mol. The van der Waals surface area contributed by atoms with Gasteiger partial charge in [0.05, 0.1) is 19.0 Å². The lowest BCUT2D eigenvalue weighted by Crippen LogP contribution is -1.90. The van der Waals surface area contributed by atoms with Crippen molar-refractivity contribution in [3.63, 3.8) is 0 Å². The Morgan fingerprint density at radius 3 is 2.52 bits per heavy atom. The third-order valence-corrected chi connectivity index (χ3v) is 4.09. The second kappa shape index (κ2) is 7.07. The van der Waals surface area contributed by atoms with Crippen LogP contribution >= 0.6 is 11.3 Å². The minimum absolute atomic E-state index is 0.769. The second-order valence-corrected chi connectivity index (χ2v) is 5.91. The van der Waals surface area contributed by atoms with Gasteiger partial charge >= 0.3 is 0 Å². The van der Waals surface area contributed by atoms with Crippen LogP contribution in [0.4, 0.5) is 5.13 Å². The Kier molecular flexibility index (Phi) is 4.68. The van der Waals surface area contributed by atoms with Crippen LogP contribution in [0.5, 0.6) is 5.75 Å². The lowest BCUT2D eigenvalue weighted by molar-refractivity contribution is 0.415. The summed E-state index contributed by atoms with van der Waals surface area (Å²) < 4.78 is 5.13. The quantitative estimate of drug-likeness (QED) is 0.552. The topological polar surface area (TPSA) is 46.5 Å². The normalized spacial score (nSPS) is 10.9. The minimum Gasteiger partial charge on any atom is -0.497 e. The van der Waals surface area contributed by atoms with Gasteiger partial charge in [0.15, 0.2) is 0 Å². The zero-order valence-corrected chi connectivity index (χ0v) is 13.8. The van der Waals surface area contributed by atoms with E-state index in [4.69, 9.17) is 4.74 Å². The molecule has 0 aliphatic heterocycles. The molecule has 1 heterocycles. The Balaban J connectivity index is 1.64. The summed E-state index contributed by atoms with van der Waals surface area (Å²) in [5.41, 5.74) is 7.27. The molecule has 23 heavy (non-hydrogen) atoms. The zero-order valence-electron chi connectivity index (χ0n) is 13.0. The van der Waals surface area contributed by atoms with Gasteiger partial charge in [-0.1, -0.05) is 29.8 Å². The van der Waals surface area contributed by atoms with Crippen molar-refractivity contribution in [1.82, 2.24) is 4.98 Å². The third kappa shape index (κ3) is 3.96. The molecule has 0 aliphatic rings. The summed E-state index contributed by atoms with van der Waals surface area (Å²) >= 11 is 1.53. The van der Waals surface area contributed by atoms with E-state index in [0.29, 0.717) is 0 Å². The van der Waals surface area contributed by atoms with E-state index in [2.05, 4.69) is 46.7 Å². The molecule has 0 saturated heterocycles. The average Bonchev–Trinajstić information content (AvgIpc) is 3.05. The molecule has 3 rings (SSSR count). The van der Waals surface area contributed by atoms with E-state index < -0.39 is 0 Å². The van der Waals surface area contributed by atoms with Crippen molar-refractivity contribution in [1.29, 1.82) is 0 Å². The highest BCUT2D eigenvalue weighted by molar-refractivity contribution is 7.14. The number of aryl methyl sites for hydroxylation is 1. The minimum atomic E-state index is 0.769. The molecule has 3 aromatic rings. The fraction of sp³-hybridized carbons (Fsp3) is 0.111. The first kappa shape index (κ1) is 15.2. The molecule has 1 N–H and O–H groups in total. The largest absolute Gasteiger partial charge is 0.497 e. The maximum Gasteiger partial charge on any atom is 0.203 e.